The lowest BCUT2D eigenvalue weighted by Crippen LogP contribution is -2.45. The number of anilines is 1. The highest BCUT2D eigenvalue weighted by molar-refractivity contribution is 5.97. The van der Waals surface area contributed by atoms with Crippen molar-refractivity contribution in [1.29, 1.82) is 0 Å². The number of amides is 1. The lowest BCUT2D eigenvalue weighted by Gasteiger charge is -2.34. The quantitative estimate of drug-likeness (QED) is 0.906. The Labute approximate surface area is 115 Å². The topological polar surface area (TPSA) is 72.1 Å². The van der Waals surface area contributed by atoms with E-state index in [1.165, 1.54) is 6.20 Å². The van der Waals surface area contributed by atoms with Crippen LogP contribution in [0.2, 0.25) is 0 Å². The number of aromatic nitrogens is 2. The molecule has 0 spiro atoms. The molecule has 1 rings (SSSR count). The zero-order valence-electron chi connectivity index (χ0n) is 12.7. The third kappa shape index (κ3) is 3.22. The van der Waals surface area contributed by atoms with Gasteiger partial charge in [0.15, 0.2) is 5.69 Å². The molecule has 19 heavy (non-hydrogen) atoms. The van der Waals surface area contributed by atoms with Gasteiger partial charge < -0.3 is 10.6 Å². The van der Waals surface area contributed by atoms with Gasteiger partial charge in [0.05, 0.1) is 11.9 Å². The second-order valence-corrected chi connectivity index (χ2v) is 5.72. The molecular weight excluding hydrogens is 240 g/mol. The summed E-state index contributed by atoms with van der Waals surface area (Å²) < 4.78 is 0. The molecule has 1 heterocycles. The minimum Gasteiger partial charge on any atom is -0.396 e. The van der Waals surface area contributed by atoms with Crippen molar-refractivity contribution in [2.24, 2.45) is 0 Å². The first kappa shape index (κ1) is 15.4. The Bertz CT molecular complexity index is 469. The number of carbonyl (C=O) groups is 1. The SMILES string of the molecule is CCC(C)(C)N(C)C(=O)c1nc(C(C)C)ncc1N. The summed E-state index contributed by atoms with van der Waals surface area (Å²) in [7, 11) is 1.78. The van der Waals surface area contributed by atoms with E-state index in [-0.39, 0.29) is 17.4 Å². The standard InChI is InChI=1S/C14H24N4O/c1-7-14(4,5)18(6)13(19)11-10(15)8-16-12(17-11)9(2)3/h8-9H,7,15H2,1-6H3. The lowest BCUT2D eigenvalue weighted by atomic mass is 9.99. The summed E-state index contributed by atoms with van der Waals surface area (Å²) in [6, 6.07) is 0. The molecule has 1 aromatic heterocycles. The summed E-state index contributed by atoms with van der Waals surface area (Å²) in [4.78, 5) is 22.7. The van der Waals surface area contributed by atoms with Crippen LogP contribution in [-0.4, -0.2) is 33.4 Å². The Hall–Kier alpha value is -1.65. The van der Waals surface area contributed by atoms with Crippen molar-refractivity contribution in [2.75, 3.05) is 12.8 Å². The highest BCUT2D eigenvalue weighted by Crippen LogP contribution is 2.21. The Morgan fingerprint density at radius 3 is 2.53 bits per heavy atom. The van der Waals surface area contributed by atoms with Crippen LogP contribution >= 0.6 is 0 Å². The molecule has 0 saturated heterocycles. The number of nitrogen functional groups attached to an aromatic ring is 1. The van der Waals surface area contributed by atoms with Crippen molar-refractivity contribution >= 4 is 11.6 Å². The fraction of sp³-hybridized carbons (Fsp3) is 0.643. The van der Waals surface area contributed by atoms with E-state index < -0.39 is 0 Å². The first-order valence-electron chi connectivity index (χ1n) is 6.61. The van der Waals surface area contributed by atoms with Gasteiger partial charge in [0.2, 0.25) is 0 Å². The molecule has 2 N–H and O–H groups in total. The van der Waals surface area contributed by atoms with E-state index in [9.17, 15) is 4.79 Å². The van der Waals surface area contributed by atoms with Gasteiger partial charge in [-0.15, -0.1) is 0 Å². The van der Waals surface area contributed by atoms with Crippen LogP contribution < -0.4 is 5.73 Å². The molecule has 0 radical (unpaired) electrons. The molecule has 106 valence electrons. The van der Waals surface area contributed by atoms with Gasteiger partial charge in [-0.25, -0.2) is 9.97 Å². The van der Waals surface area contributed by atoms with Crippen molar-refractivity contribution < 1.29 is 4.79 Å². The summed E-state index contributed by atoms with van der Waals surface area (Å²) >= 11 is 0. The average Bonchev–Trinajstić information content (AvgIpc) is 2.37. The monoisotopic (exact) mass is 264 g/mol. The van der Waals surface area contributed by atoms with Crippen LogP contribution in [0.1, 0.15) is 63.3 Å². The van der Waals surface area contributed by atoms with Crippen molar-refractivity contribution in [1.82, 2.24) is 14.9 Å². The predicted octanol–water partition coefficient (Wildman–Crippen LogP) is 2.44. The summed E-state index contributed by atoms with van der Waals surface area (Å²) in [5.74, 6) is 0.644. The minimum atomic E-state index is -0.230. The molecule has 0 unspecified atom stereocenters. The summed E-state index contributed by atoms with van der Waals surface area (Å²) in [5, 5.41) is 0. The molecule has 0 aliphatic carbocycles. The number of carbonyl (C=O) groups excluding carboxylic acids is 1. The van der Waals surface area contributed by atoms with Gasteiger partial charge in [-0.2, -0.15) is 0 Å². The normalized spacial score (nSPS) is 11.7. The van der Waals surface area contributed by atoms with Crippen LogP contribution in [0.25, 0.3) is 0 Å². The molecule has 0 bridgehead atoms. The van der Waals surface area contributed by atoms with Gasteiger partial charge in [0, 0.05) is 18.5 Å². The molecule has 5 heteroatoms. The van der Waals surface area contributed by atoms with Gasteiger partial charge >= 0.3 is 0 Å². The van der Waals surface area contributed by atoms with Gasteiger partial charge in [-0.3, -0.25) is 4.79 Å². The smallest absolute Gasteiger partial charge is 0.274 e. The Morgan fingerprint density at radius 1 is 1.47 bits per heavy atom. The van der Waals surface area contributed by atoms with Gasteiger partial charge in [0.1, 0.15) is 5.82 Å². The second-order valence-electron chi connectivity index (χ2n) is 5.72. The van der Waals surface area contributed by atoms with Crippen LogP contribution in [0.4, 0.5) is 5.69 Å². The number of hydrogen-bond donors (Lipinski definition) is 1. The number of rotatable bonds is 4. The van der Waals surface area contributed by atoms with E-state index in [0.717, 1.165) is 6.42 Å². The van der Waals surface area contributed by atoms with Crippen LogP contribution in [0.5, 0.6) is 0 Å². The van der Waals surface area contributed by atoms with E-state index in [4.69, 9.17) is 5.73 Å². The number of nitrogens with two attached hydrogens (primary N) is 1. The zero-order valence-corrected chi connectivity index (χ0v) is 12.7. The molecule has 0 aromatic carbocycles. The number of nitrogens with zero attached hydrogens (tertiary/aromatic N) is 3. The van der Waals surface area contributed by atoms with Gasteiger partial charge in [-0.1, -0.05) is 20.8 Å². The maximum Gasteiger partial charge on any atom is 0.274 e. The van der Waals surface area contributed by atoms with E-state index >= 15 is 0 Å². The molecule has 0 aliphatic heterocycles. The van der Waals surface area contributed by atoms with Crippen molar-refractivity contribution in [2.45, 2.75) is 52.5 Å². The number of hydrogen-bond acceptors (Lipinski definition) is 4. The molecule has 0 saturated carbocycles. The Balaban J connectivity index is 3.15. The van der Waals surface area contributed by atoms with Crippen molar-refractivity contribution in [3.05, 3.63) is 17.7 Å². The first-order chi connectivity index (χ1) is 8.70. The lowest BCUT2D eigenvalue weighted by molar-refractivity contribution is 0.0615. The molecule has 1 amide bonds. The summed E-state index contributed by atoms with van der Waals surface area (Å²) in [5.41, 5.74) is 6.23. The largest absolute Gasteiger partial charge is 0.396 e. The Kier molecular flexibility index (Phi) is 4.50. The predicted molar refractivity (Wildman–Crippen MR) is 77.0 cm³/mol. The van der Waals surface area contributed by atoms with Crippen molar-refractivity contribution in [3.63, 3.8) is 0 Å². The molecule has 0 atom stereocenters. The zero-order chi connectivity index (χ0) is 14.8. The highest BCUT2D eigenvalue weighted by Gasteiger charge is 2.28. The summed E-state index contributed by atoms with van der Waals surface area (Å²) in [6.07, 6.45) is 2.37. The molecule has 1 aromatic rings. The fourth-order valence-corrected chi connectivity index (χ4v) is 1.53. The van der Waals surface area contributed by atoms with Crippen molar-refractivity contribution in [3.8, 4) is 0 Å². The van der Waals surface area contributed by atoms with E-state index in [1.54, 1.807) is 11.9 Å². The minimum absolute atomic E-state index is 0.159. The van der Waals surface area contributed by atoms with Crippen LogP contribution in [0.15, 0.2) is 6.20 Å². The fourth-order valence-electron chi connectivity index (χ4n) is 1.53. The third-order valence-electron chi connectivity index (χ3n) is 3.63. The van der Waals surface area contributed by atoms with Crippen LogP contribution in [0.3, 0.4) is 0 Å². The molecule has 5 nitrogen and oxygen atoms in total. The second kappa shape index (κ2) is 5.55. The Morgan fingerprint density at radius 2 is 2.05 bits per heavy atom. The van der Waals surface area contributed by atoms with E-state index in [0.29, 0.717) is 17.2 Å². The maximum atomic E-state index is 12.5. The first-order valence-corrected chi connectivity index (χ1v) is 6.61. The molecule has 0 fully saturated rings. The van der Waals surface area contributed by atoms with Crippen LogP contribution in [-0.2, 0) is 0 Å². The van der Waals surface area contributed by atoms with E-state index in [2.05, 4.69) is 9.97 Å². The third-order valence-corrected chi connectivity index (χ3v) is 3.63. The maximum absolute atomic E-state index is 12.5. The molecular formula is C14H24N4O. The summed E-state index contributed by atoms with van der Waals surface area (Å²) in [6.45, 7) is 10.1. The van der Waals surface area contributed by atoms with Gasteiger partial charge in [-0.05, 0) is 20.3 Å². The highest BCUT2D eigenvalue weighted by atomic mass is 16.2. The average molecular weight is 264 g/mol. The van der Waals surface area contributed by atoms with Gasteiger partial charge in [0.25, 0.3) is 5.91 Å². The molecule has 0 aliphatic rings. The van der Waals surface area contributed by atoms with E-state index in [1.807, 2.05) is 34.6 Å². The van der Waals surface area contributed by atoms with Crippen LogP contribution in [0, 0.1) is 0 Å².